The van der Waals surface area contributed by atoms with Gasteiger partial charge in [-0.25, -0.2) is 4.68 Å². The van der Waals surface area contributed by atoms with Gasteiger partial charge >= 0.3 is 5.97 Å². The first kappa shape index (κ1) is 18.4. The zero-order chi connectivity index (χ0) is 18.8. The first-order chi connectivity index (χ1) is 12.4. The summed E-state index contributed by atoms with van der Waals surface area (Å²) in [6.07, 6.45) is 0.472. The number of halogens is 1. The van der Waals surface area contributed by atoms with Crippen LogP contribution in [0.1, 0.15) is 28.2 Å². The number of para-hydroxylation sites is 1. The molecule has 2 aromatic heterocycles. The van der Waals surface area contributed by atoms with Gasteiger partial charge in [0.1, 0.15) is 4.83 Å². The van der Waals surface area contributed by atoms with E-state index < -0.39 is 5.97 Å². The monoisotopic (exact) mass is 391 g/mol. The quantitative estimate of drug-likeness (QED) is 0.689. The standard InChI is InChI=1S/C18H18ClN3O3S/c1-11-12-10-15(17(25)21(2)9-5-8-16(23)24)26-18(12)22(20-11)14-7-4-3-6-13(14)19/h3-4,6-7,10H,5,8-9H2,1-2H3,(H,23,24). The van der Waals surface area contributed by atoms with Crippen molar-refractivity contribution in [2.24, 2.45) is 0 Å². The van der Waals surface area contributed by atoms with Crippen molar-refractivity contribution in [3.8, 4) is 5.69 Å². The van der Waals surface area contributed by atoms with Crippen LogP contribution in [0.5, 0.6) is 0 Å². The molecule has 0 saturated heterocycles. The molecule has 0 aliphatic carbocycles. The van der Waals surface area contributed by atoms with Crippen molar-refractivity contribution < 1.29 is 14.7 Å². The van der Waals surface area contributed by atoms with E-state index in [2.05, 4.69) is 5.10 Å². The van der Waals surface area contributed by atoms with Gasteiger partial charge in [-0.05, 0) is 31.5 Å². The lowest BCUT2D eigenvalue weighted by Crippen LogP contribution is -2.27. The van der Waals surface area contributed by atoms with Gasteiger partial charge in [0.25, 0.3) is 5.91 Å². The third-order valence-electron chi connectivity index (χ3n) is 4.07. The van der Waals surface area contributed by atoms with Crippen LogP contribution in [-0.2, 0) is 4.79 Å². The number of carboxylic acid groups (broad SMARTS) is 1. The Hall–Kier alpha value is -2.38. The third-order valence-corrected chi connectivity index (χ3v) is 5.49. The molecule has 2 heterocycles. The van der Waals surface area contributed by atoms with Crippen LogP contribution in [0.4, 0.5) is 0 Å². The fourth-order valence-electron chi connectivity index (χ4n) is 2.70. The highest BCUT2D eigenvalue weighted by Gasteiger charge is 2.20. The summed E-state index contributed by atoms with van der Waals surface area (Å²) < 4.78 is 1.76. The molecule has 26 heavy (non-hydrogen) atoms. The number of benzene rings is 1. The second kappa shape index (κ2) is 7.47. The second-order valence-electron chi connectivity index (χ2n) is 6.00. The smallest absolute Gasteiger partial charge is 0.303 e. The van der Waals surface area contributed by atoms with Gasteiger partial charge in [0.2, 0.25) is 0 Å². The van der Waals surface area contributed by atoms with Gasteiger partial charge in [0.15, 0.2) is 0 Å². The van der Waals surface area contributed by atoms with Crippen LogP contribution < -0.4 is 0 Å². The summed E-state index contributed by atoms with van der Waals surface area (Å²) >= 11 is 7.65. The molecule has 0 aliphatic rings. The van der Waals surface area contributed by atoms with Gasteiger partial charge in [-0.3, -0.25) is 9.59 Å². The number of thiophene rings is 1. The summed E-state index contributed by atoms with van der Waals surface area (Å²) in [4.78, 5) is 26.3. The Balaban J connectivity index is 1.90. The second-order valence-corrected chi connectivity index (χ2v) is 7.44. The Morgan fingerprint density at radius 1 is 1.35 bits per heavy atom. The van der Waals surface area contributed by atoms with E-state index in [1.54, 1.807) is 22.7 Å². The molecule has 6 nitrogen and oxygen atoms in total. The Morgan fingerprint density at radius 3 is 2.77 bits per heavy atom. The molecule has 0 unspecified atom stereocenters. The number of fused-ring (bicyclic) bond motifs is 1. The number of aromatic nitrogens is 2. The fraction of sp³-hybridized carbons (Fsp3) is 0.278. The molecule has 0 fully saturated rings. The van der Waals surface area contributed by atoms with Gasteiger partial charge in [-0.1, -0.05) is 23.7 Å². The largest absolute Gasteiger partial charge is 0.481 e. The Kier molecular flexibility index (Phi) is 5.29. The normalized spacial score (nSPS) is 11.0. The van der Waals surface area contributed by atoms with Crippen LogP contribution >= 0.6 is 22.9 Å². The van der Waals surface area contributed by atoms with Crippen LogP contribution in [0.3, 0.4) is 0 Å². The third kappa shape index (κ3) is 3.59. The number of carbonyl (C=O) groups excluding carboxylic acids is 1. The van der Waals surface area contributed by atoms with Crippen molar-refractivity contribution in [1.29, 1.82) is 0 Å². The number of hydrogen-bond donors (Lipinski definition) is 1. The lowest BCUT2D eigenvalue weighted by Gasteiger charge is -2.15. The zero-order valence-electron chi connectivity index (χ0n) is 14.4. The summed E-state index contributed by atoms with van der Waals surface area (Å²) in [6.45, 7) is 2.29. The molecule has 0 atom stereocenters. The maximum absolute atomic E-state index is 12.6. The minimum atomic E-state index is -0.858. The lowest BCUT2D eigenvalue weighted by molar-refractivity contribution is -0.137. The van der Waals surface area contributed by atoms with Gasteiger partial charge in [-0.15, -0.1) is 11.3 Å². The Morgan fingerprint density at radius 2 is 2.08 bits per heavy atom. The summed E-state index contributed by atoms with van der Waals surface area (Å²) in [5, 5.41) is 14.8. The molecule has 0 spiro atoms. The van der Waals surface area contributed by atoms with E-state index in [9.17, 15) is 9.59 Å². The molecule has 3 rings (SSSR count). The van der Waals surface area contributed by atoms with Crippen molar-refractivity contribution in [2.45, 2.75) is 19.8 Å². The maximum atomic E-state index is 12.6. The number of hydrogen-bond acceptors (Lipinski definition) is 4. The average Bonchev–Trinajstić information content (AvgIpc) is 3.15. The van der Waals surface area contributed by atoms with Crippen molar-refractivity contribution in [3.05, 3.63) is 45.9 Å². The number of aryl methyl sites for hydroxylation is 1. The highest BCUT2D eigenvalue weighted by atomic mass is 35.5. The average molecular weight is 392 g/mol. The van der Waals surface area contributed by atoms with Crippen LogP contribution in [0.25, 0.3) is 15.9 Å². The molecular formula is C18H18ClN3O3S. The minimum absolute atomic E-state index is 0.0462. The maximum Gasteiger partial charge on any atom is 0.303 e. The van der Waals surface area contributed by atoms with Crippen LogP contribution in [0.15, 0.2) is 30.3 Å². The van der Waals surface area contributed by atoms with E-state index in [0.717, 1.165) is 21.6 Å². The van der Waals surface area contributed by atoms with Gasteiger partial charge in [-0.2, -0.15) is 5.10 Å². The molecule has 3 aromatic rings. The van der Waals surface area contributed by atoms with E-state index in [4.69, 9.17) is 16.7 Å². The van der Waals surface area contributed by atoms with Gasteiger partial charge < -0.3 is 10.0 Å². The molecule has 1 N–H and O–H groups in total. The summed E-state index contributed by atoms with van der Waals surface area (Å²) in [7, 11) is 1.68. The van der Waals surface area contributed by atoms with E-state index in [1.165, 1.54) is 11.3 Å². The summed E-state index contributed by atoms with van der Waals surface area (Å²) in [5.74, 6) is -0.982. The number of aliphatic carboxylic acids is 1. The zero-order valence-corrected chi connectivity index (χ0v) is 16.0. The Labute approximate surface area is 159 Å². The molecule has 136 valence electrons. The highest BCUT2D eigenvalue weighted by Crippen LogP contribution is 2.32. The van der Waals surface area contributed by atoms with Crippen LogP contribution in [-0.4, -0.2) is 45.3 Å². The van der Waals surface area contributed by atoms with Crippen molar-refractivity contribution in [3.63, 3.8) is 0 Å². The topological polar surface area (TPSA) is 75.4 Å². The van der Waals surface area contributed by atoms with Crippen LogP contribution in [0.2, 0.25) is 5.02 Å². The van der Waals surface area contributed by atoms with E-state index >= 15 is 0 Å². The lowest BCUT2D eigenvalue weighted by atomic mass is 10.2. The van der Waals surface area contributed by atoms with Crippen molar-refractivity contribution in [1.82, 2.24) is 14.7 Å². The first-order valence-corrected chi connectivity index (χ1v) is 9.29. The first-order valence-electron chi connectivity index (χ1n) is 8.10. The number of nitrogens with zero attached hydrogens (tertiary/aromatic N) is 3. The molecule has 8 heteroatoms. The Bertz CT molecular complexity index is 979. The summed E-state index contributed by atoms with van der Waals surface area (Å²) in [5.41, 5.74) is 1.59. The molecule has 0 saturated carbocycles. The minimum Gasteiger partial charge on any atom is -0.481 e. The molecule has 1 aromatic carbocycles. The van der Waals surface area contributed by atoms with E-state index in [1.807, 2.05) is 31.2 Å². The molecule has 0 aliphatic heterocycles. The van der Waals surface area contributed by atoms with E-state index in [0.29, 0.717) is 22.9 Å². The van der Waals surface area contributed by atoms with Gasteiger partial charge in [0, 0.05) is 25.4 Å². The molecular weight excluding hydrogens is 374 g/mol. The predicted molar refractivity (Wildman–Crippen MR) is 103 cm³/mol. The van der Waals surface area contributed by atoms with Crippen molar-refractivity contribution in [2.75, 3.05) is 13.6 Å². The molecule has 0 radical (unpaired) electrons. The fourth-order valence-corrected chi connectivity index (χ4v) is 4.08. The predicted octanol–water partition coefficient (Wildman–Crippen LogP) is 3.99. The highest BCUT2D eigenvalue weighted by molar-refractivity contribution is 7.20. The number of carbonyl (C=O) groups is 2. The number of amides is 1. The number of rotatable bonds is 6. The summed E-state index contributed by atoms with van der Waals surface area (Å²) in [6, 6.07) is 9.27. The molecule has 1 amide bonds. The van der Waals surface area contributed by atoms with E-state index in [-0.39, 0.29) is 12.3 Å². The van der Waals surface area contributed by atoms with Crippen molar-refractivity contribution >= 4 is 45.0 Å². The van der Waals surface area contributed by atoms with Crippen LogP contribution in [0, 0.1) is 6.92 Å². The van der Waals surface area contributed by atoms with Gasteiger partial charge in [0.05, 0.1) is 21.3 Å². The number of carboxylic acids is 1. The SMILES string of the molecule is Cc1nn(-c2ccccc2Cl)c2sc(C(=O)N(C)CCCC(=O)O)cc12. The molecule has 0 bridgehead atoms.